The Hall–Kier alpha value is -0.0800. The van der Waals surface area contributed by atoms with Gasteiger partial charge in [0.25, 0.3) is 0 Å². The molecular formula is C18H38IN5. The third-order valence-corrected chi connectivity index (χ3v) is 4.91. The molecule has 2 N–H and O–H groups in total. The average molecular weight is 451 g/mol. The van der Waals surface area contributed by atoms with E-state index in [0.717, 1.165) is 19.0 Å². The fraction of sp³-hybridized carbons (Fsp3) is 0.944. The molecular weight excluding hydrogens is 413 g/mol. The predicted molar refractivity (Wildman–Crippen MR) is 114 cm³/mol. The number of piperazine rings is 3. The third-order valence-electron chi connectivity index (χ3n) is 4.91. The van der Waals surface area contributed by atoms with Crippen LogP contribution in [0.5, 0.6) is 0 Å². The van der Waals surface area contributed by atoms with Crippen molar-refractivity contribution in [1.29, 1.82) is 0 Å². The molecule has 2 atom stereocenters. The lowest BCUT2D eigenvalue weighted by atomic mass is 9.89. The highest BCUT2D eigenvalue weighted by molar-refractivity contribution is 14.0. The second kappa shape index (κ2) is 10.2. The van der Waals surface area contributed by atoms with Gasteiger partial charge >= 0.3 is 0 Å². The molecule has 5 nitrogen and oxygen atoms in total. The van der Waals surface area contributed by atoms with Crippen LogP contribution in [-0.2, 0) is 0 Å². The molecule has 0 amide bonds. The highest BCUT2D eigenvalue weighted by Gasteiger charge is 2.31. The molecule has 0 aliphatic carbocycles. The molecule has 24 heavy (non-hydrogen) atoms. The molecule has 0 aromatic rings. The monoisotopic (exact) mass is 451 g/mol. The highest BCUT2D eigenvalue weighted by atomic mass is 127. The molecule has 2 bridgehead atoms. The van der Waals surface area contributed by atoms with Crippen molar-refractivity contribution in [2.75, 3.05) is 45.8 Å². The summed E-state index contributed by atoms with van der Waals surface area (Å²) in [5.41, 5.74) is 0.397. The Bertz CT molecular complexity index is 385. The quantitative estimate of drug-likeness (QED) is 0.370. The molecule has 0 radical (unpaired) electrons. The van der Waals surface area contributed by atoms with Gasteiger partial charge in [-0.1, -0.05) is 20.8 Å². The molecule has 3 saturated heterocycles. The Morgan fingerprint density at radius 3 is 2.38 bits per heavy atom. The summed E-state index contributed by atoms with van der Waals surface area (Å²) in [6, 6.07) is 1.05. The van der Waals surface area contributed by atoms with E-state index in [1.165, 1.54) is 45.6 Å². The van der Waals surface area contributed by atoms with Crippen molar-refractivity contribution >= 4 is 29.9 Å². The number of rotatable bonds is 6. The van der Waals surface area contributed by atoms with Gasteiger partial charge in [0, 0.05) is 51.4 Å². The fourth-order valence-electron chi connectivity index (χ4n) is 3.37. The zero-order valence-corrected chi connectivity index (χ0v) is 18.6. The number of fused-ring (bicyclic) bond motifs is 3. The van der Waals surface area contributed by atoms with E-state index in [1.807, 2.05) is 0 Å². The van der Waals surface area contributed by atoms with Crippen molar-refractivity contribution in [3.05, 3.63) is 0 Å². The van der Waals surface area contributed by atoms with Crippen LogP contribution in [0.3, 0.4) is 0 Å². The highest BCUT2D eigenvalue weighted by Crippen LogP contribution is 2.21. The van der Waals surface area contributed by atoms with Crippen LogP contribution >= 0.6 is 24.0 Å². The summed E-state index contributed by atoms with van der Waals surface area (Å²) < 4.78 is 0. The van der Waals surface area contributed by atoms with Gasteiger partial charge in [0.15, 0.2) is 5.96 Å². The number of nitrogens with zero attached hydrogens (tertiary/aromatic N) is 3. The average Bonchev–Trinajstić information content (AvgIpc) is 2.51. The second-order valence-corrected chi connectivity index (χ2v) is 8.35. The van der Waals surface area contributed by atoms with Gasteiger partial charge in [-0.25, -0.2) is 0 Å². The number of hydrogen-bond acceptors (Lipinski definition) is 3. The molecule has 0 spiro atoms. The van der Waals surface area contributed by atoms with Crippen molar-refractivity contribution in [2.24, 2.45) is 10.4 Å². The Labute approximate surface area is 166 Å². The second-order valence-electron chi connectivity index (χ2n) is 8.35. The number of aliphatic imine (C=N–C) groups is 1. The van der Waals surface area contributed by atoms with E-state index in [1.54, 1.807) is 0 Å². The Morgan fingerprint density at radius 1 is 1.21 bits per heavy atom. The lowest BCUT2D eigenvalue weighted by Crippen LogP contribution is -2.62. The van der Waals surface area contributed by atoms with Gasteiger partial charge in [-0.3, -0.25) is 14.8 Å². The summed E-state index contributed by atoms with van der Waals surface area (Å²) in [5, 5.41) is 6.98. The van der Waals surface area contributed by atoms with Crippen LogP contribution in [0, 0.1) is 5.41 Å². The minimum absolute atomic E-state index is 0. The van der Waals surface area contributed by atoms with E-state index in [4.69, 9.17) is 4.99 Å². The summed E-state index contributed by atoms with van der Waals surface area (Å²) in [7, 11) is 0. The molecule has 0 aromatic heterocycles. The van der Waals surface area contributed by atoms with Crippen LogP contribution in [0.25, 0.3) is 0 Å². The van der Waals surface area contributed by atoms with E-state index in [-0.39, 0.29) is 24.0 Å². The van der Waals surface area contributed by atoms with Crippen LogP contribution < -0.4 is 10.6 Å². The zero-order valence-electron chi connectivity index (χ0n) is 16.3. The van der Waals surface area contributed by atoms with Gasteiger partial charge < -0.3 is 10.6 Å². The van der Waals surface area contributed by atoms with Crippen LogP contribution in [0.2, 0.25) is 0 Å². The largest absolute Gasteiger partial charge is 0.357 e. The summed E-state index contributed by atoms with van der Waals surface area (Å²) >= 11 is 0. The SMILES string of the molecule is CCNC(=NCC1CN2CCN1CC2)NC(C)CCC(C)(C)C.I. The van der Waals surface area contributed by atoms with E-state index in [0.29, 0.717) is 17.5 Å². The lowest BCUT2D eigenvalue weighted by molar-refractivity contribution is 0.0174. The summed E-state index contributed by atoms with van der Waals surface area (Å²) in [6.45, 7) is 19.2. The summed E-state index contributed by atoms with van der Waals surface area (Å²) in [5.74, 6) is 0.978. The van der Waals surface area contributed by atoms with Crippen molar-refractivity contribution in [2.45, 2.75) is 59.5 Å². The maximum Gasteiger partial charge on any atom is 0.191 e. The standard InChI is InChI=1S/C18H37N5.HI/c1-6-19-17(21-15(2)7-8-18(3,4)5)20-13-16-14-22-9-11-23(16)12-10-22;/h15-16H,6-14H2,1-5H3,(H2,19,20,21);1H. The van der Waals surface area contributed by atoms with Gasteiger partial charge in [0.05, 0.1) is 6.54 Å². The first-order valence-corrected chi connectivity index (χ1v) is 9.38. The maximum absolute atomic E-state index is 4.87. The van der Waals surface area contributed by atoms with Crippen LogP contribution in [0.4, 0.5) is 0 Å². The molecule has 142 valence electrons. The normalized spacial score (nSPS) is 28.2. The molecule has 3 heterocycles. The van der Waals surface area contributed by atoms with Crippen molar-refractivity contribution in [3.8, 4) is 0 Å². The minimum atomic E-state index is 0. The first-order valence-electron chi connectivity index (χ1n) is 9.38. The number of hydrogen-bond donors (Lipinski definition) is 2. The first kappa shape index (κ1) is 22.0. The van der Waals surface area contributed by atoms with Gasteiger partial charge in [0.2, 0.25) is 0 Å². The van der Waals surface area contributed by atoms with Crippen LogP contribution in [0.15, 0.2) is 4.99 Å². The van der Waals surface area contributed by atoms with Crippen LogP contribution in [-0.4, -0.2) is 73.7 Å². The van der Waals surface area contributed by atoms with Gasteiger partial charge in [-0.2, -0.15) is 0 Å². The maximum atomic E-state index is 4.87. The number of guanidine groups is 1. The molecule has 6 heteroatoms. The summed E-state index contributed by atoms with van der Waals surface area (Å²) in [4.78, 5) is 10.0. The van der Waals surface area contributed by atoms with E-state index < -0.39 is 0 Å². The van der Waals surface area contributed by atoms with Crippen molar-refractivity contribution < 1.29 is 0 Å². The topological polar surface area (TPSA) is 42.9 Å². The number of halogens is 1. The smallest absolute Gasteiger partial charge is 0.191 e. The van der Waals surface area contributed by atoms with Crippen LogP contribution in [0.1, 0.15) is 47.5 Å². The van der Waals surface area contributed by atoms with Gasteiger partial charge in [0.1, 0.15) is 0 Å². The van der Waals surface area contributed by atoms with Crippen molar-refractivity contribution in [1.82, 2.24) is 20.4 Å². The first-order chi connectivity index (χ1) is 10.9. The molecule has 3 aliphatic rings. The van der Waals surface area contributed by atoms with E-state index >= 15 is 0 Å². The minimum Gasteiger partial charge on any atom is -0.357 e. The summed E-state index contributed by atoms with van der Waals surface area (Å²) in [6.07, 6.45) is 2.41. The molecule has 3 rings (SSSR count). The Morgan fingerprint density at radius 2 is 1.88 bits per heavy atom. The zero-order chi connectivity index (χ0) is 16.9. The number of nitrogens with one attached hydrogen (secondary N) is 2. The Kier molecular flexibility index (Phi) is 9.30. The molecule has 3 aliphatic heterocycles. The van der Waals surface area contributed by atoms with E-state index in [2.05, 4.69) is 55.1 Å². The predicted octanol–water partition coefficient (Wildman–Crippen LogP) is 2.37. The molecule has 0 saturated carbocycles. The van der Waals surface area contributed by atoms with E-state index in [9.17, 15) is 0 Å². The molecule has 0 aromatic carbocycles. The van der Waals surface area contributed by atoms with Gasteiger partial charge in [-0.05, 0) is 32.1 Å². The fourth-order valence-corrected chi connectivity index (χ4v) is 3.37. The van der Waals surface area contributed by atoms with Crippen molar-refractivity contribution in [3.63, 3.8) is 0 Å². The molecule has 2 unspecified atom stereocenters. The Balaban J connectivity index is 0.00000288. The lowest BCUT2D eigenvalue weighted by Gasteiger charge is -2.47. The molecule has 3 fully saturated rings. The van der Waals surface area contributed by atoms with Gasteiger partial charge in [-0.15, -0.1) is 24.0 Å². The third kappa shape index (κ3) is 7.44.